The van der Waals surface area contributed by atoms with Crippen molar-refractivity contribution in [1.82, 2.24) is 0 Å². The predicted octanol–water partition coefficient (Wildman–Crippen LogP) is 1.49. The summed E-state index contributed by atoms with van der Waals surface area (Å²) in [7, 11) is 0. The van der Waals surface area contributed by atoms with E-state index in [9.17, 15) is 9.59 Å². The normalized spacial score (nSPS) is 15.6. The van der Waals surface area contributed by atoms with Crippen molar-refractivity contribution in [1.29, 1.82) is 0 Å². The van der Waals surface area contributed by atoms with E-state index >= 15 is 0 Å². The van der Waals surface area contributed by atoms with Crippen LogP contribution in [0.4, 0.5) is 0 Å². The summed E-state index contributed by atoms with van der Waals surface area (Å²) in [5.74, 6) is -1.55. The second-order valence-corrected chi connectivity index (χ2v) is 3.37. The van der Waals surface area contributed by atoms with Gasteiger partial charge in [0.25, 0.3) is 0 Å². The van der Waals surface area contributed by atoms with E-state index in [1.807, 2.05) is 0 Å². The summed E-state index contributed by atoms with van der Waals surface area (Å²) in [6.45, 7) is 0. The maximum atomic E-state index is 11.4. The van der Waals surface area contributed by atoms with Gasteiger partial charge in [-0.05, 0) is 0 Å². The number of ether oxygens (including phenoxy) is 6. The lowest BCUT2D eigenvalue weighted by atomic mass is 10.3. The molecule has 0 saturated carbocycles. The second-order valence-electron chi connectivity index (χ2n) is 3.37. The van der Waals surface area contributed by atoms with E-state index in [1.54, 1.807) is 0 Å². The van der Waals surface area contributed by atoms with Gasteiger partial charge in [0.15, 0.2) is 12.5 Å². The average Bonchev–Trinajstić information content (AvgIpc) is 2.47. The van der Waals surface area contributed by atoms with E-state index in [0.29, 0.717) is 0 Å². The van der Waals surface area contributed by atoms with Crippen LogP contribution in [0.3, 0.4) is 0 Å². The Bertz CT molecular complexity index is 454. The van der Waals surface area contributed by atoms with E-state index < -0.39 is 11.9 Å². The van der Waals surface area contributed by atoms with Crippen LogP contribution in [-0.2, 0) is 38.0 Å². The smallest absolute Gasteiger partial charge is 0.329 e. The molecule has 0 radical (unpaired) electrons. The fourth-order valence-electron chi connectivity index (χ4n) is 1.13. The number of carbonyl (C=O) groups is 2. The lowest BCUT2D eigenvalue weighted by molar-refractivity contribution is -0.151. The quantitative estimate of drug-likeness (QED) is 0.700. The van der Waals surface area contributed by atoms with Crippen LogP contribution in [0.25, 0.3) is 0 Å². The zero-order chi connectivity index (χ0) is 14.2. The molecule has 2 rings (SSSR count). The molecule has 0 unspecified atom stereocenters. The topological polar surface area (TPSA) is 89.5 Å². The van der Waals surface area contributed by atoms with Crippen LogP contribution in [0.2, 0.25) is 0 Å². The molecule has 0 saturated heterocycles. The number of carbonyl (C=O) groups excluding carboxylic acids is 2. The van der Waals surface area contributed by atoms with Gasteiger partial charge in [-0.25, -0.2) is 0 Å². The van der Waals surface area contributed by atoms with Gasteiger partial charge in [-0.3, -0.25) is 9.59 Å². The van der Waals surface area contributed by atoms with Crippen molar-refractivity contribution in [3.8, 4) is 0 Å². The summed E-state index contributed by atoms with van der Waals surface area (Å²) in [5, 5.41) is 0. The molecule has 0 amide bonds. The zero-order valence-electron chi connectivity index (χ0n) is 10.1. The molecule has 0 aromatic carbocycles. The first-order valence-electron chi connectivity index (χ1n) is 5.50. The van der Waals surface area contributed by atoms with Crippen molar-refractivity contribution >= 4 is 11.9 Å². The summed E-state index contributed by atoms with van der Waals surface area (Å²) in [6, 6.07) is 0. The summed E-state index contributed by atoms with van der Waals surface area (Å²) >= 11 is 0. The molecule has 20 heavy (non-hydrogen) atoms. The van der Waals surface area contributed by atoms with Gasteiger partial charge in [0.05, 0.1) is 12.8 Å². The van der Waals surface area contributed by atoms with Crippen LogP contribution >= 0.6 is 0 Å². The van der Waals surface area contributed by atoms with E-state index in [1.165, 1.54) is 25.0 Å². The SMILES string of the molecule is O=C(CCC(=O)OC1=COC=CO1)OC1=COC=CO1. The van der Waals surface area contributed by atoms with Gasteiger partial charge >= 0.3 is 23.8 Å². The maximum absolute atomic E-state index is 11.4. The molecule has 0 aliphatic carbocycles. The second kappa shape index (κ2) is 6.88. The summed E-state index contributed by atoms with van der Waals surface area (Å²) in [6.07, 6.45) is 6.79. The third kappa shape index (κ3) is 4.41. The molecule has 106 valence electrons. The number of esters is 2. The first kappa shape index (κ1) is 13.5. The molecule has 0 spiro atoms. The highest BCUT2D eigenvalue weighted by molar-refractivity contribution is 5.78. The van der Waals surface area contributed by atoms with Gasteiger partial charge < -0.3 is 28.4 Å². The number of hydrogen-bond donors (Lipinski definition) is 0. The summed E-state index contributed by atoms with van der Waals surface area (Å²) in [4.78, 5) is 22.8. The van der Waals surface area contributed by atoms with Gasteiger partial charge in [0, 0.05) is 0 Å². The molecule has 0 aromatic rings. The molecule has 0 aromatic heterocycles. The van der Waals surface area contributed by atoms with E-state index in [2.05, 4.69) is 0 Å². The molecule has 8 heteroatoms. The number of rotatable bonds is 5. The molecule has 0 fully saturated rings. The number of hydrogen-bond acceptors (Lipinski definition) is 8. The minimum absolute atomic E-state index is 0.109. The third-order valence-electron chi connectivity index (χ3n) is 1.93. The van der Waals surface area contributed by atoms with Gasteiger partial charge in [-0.15, -0.1) is 0 Å². The Balaban J connectivity index is 1.66. The van der Waals surface area contributed by atoms with E-state index in [0.717, 1.165) is 12.5 Å². The molecule has 8 nitrogen and oxygen atoms in total. The van der Waals surface area contributed by atoms with Crippen LogP contribution in [0.5, 0.6) is 0 Å². The Morgan fingerprint density at radius 1 is 0.800 bits per heavy atom. The minimum atomic E-state index is -0.665. The maximum Gasteiger partial charge on any atom is 0.329 e. The largest absolute Gasteiger partial charge is 0.462 e. The van der Waals surface area contributed by atoms with Crippen molar-refractivity contribution in [3.63, 3.8) is 0 Å². The van der Waals surface area contributed by atoms with Crippen molar-refractivity contribution in [2.24, 2.45) is 0 Å². The molecule has 0 atom stereocenters. The third-order valence-corrected chi connectivity index (χ3v) is 1.93. The molecular weight excluding hydrogens is 272 g/mol. The van der Waals surface area contributed by atoms with Crippen molar-refractivity contribution in [2.75, 3.05) is 0 Å². The van der Waals surface area contributed by atoms with Crippen LogP contribution < -0.4 is 0 Å². The van der Waals surface area contributed by atoms with Gasteiger partial charge in [0.1, 0.15) is 25.0 Å². The van der Waals surface area contributed by atoms with Crippen LogP contribution in [0.1, 0.15) is 12.8 Å². The van der Waals surface area contributed by atoms with Crippen LogP contribution in [0, 0.1) is 0 Å². The minimum Gasteiger partial charge on any atom is -0.462 e. The van der Waals surface area contributed by atoms with E-state index in [4.69, 9.17) is 28.4 Å². The molecule has 0 bridgehead atoms. The Hall–Kier alpha value is -2.90. The van der Waals surface area contributed by atoms with Crippen LogP contribution in [-0.4, -0.2) is 11.9 Å². The summed E-state index contributed by atoms with van der Waals surface area (Å²) in [5.41, 5.74) is 0. The van der Waals surface area contributed by atoms with Crippen molar-refractivity contribution < 1.29 is 38.0 Å². The average molecular weight is 282 g/mol. The van der Waals surface area contributed by atoms with Crippen molar-refractivity contribution in [2.45, 2.75) is 12.8 Å². The molecule has 2 aliphatic heterocycles. The standard InChI is InChI=1S/C12H10O8/c13-9(19-11-7-15-3-5-17-11)1-2-10(14)20-12-8-16-4-6-18-12/h3-8H,1-2H2. The van der Waals surface area contributed by atoms with Crippen molar-refractivity contribution in [3.05, 3.63) is 49.5 Å². The first-order chi connectivity index (χ1) is 9.74. The highest BCUT2D eigenvalue weighted by atomic mass is 16.7. The highest BCUT2D eigenvalue weighted by Gasteiger charge is 2.15. The van der Waals surface area contributed by atoms with Crippen LogP contribution in [0.15, 0.2) is 49.5 Å². The zero-order valence-corrected chi connectivity index (χ0v) is 10.1. The lowest BCUT2D eigenvalue weighted by Gasteiger charge is -2.10. The predicted molar refractivity (Wildman–Crippen MR) is 60.2 cm³/mol. The molecular formula is C12H10O8. The Labute approximate surface area is 113 Å². The molecule has 2 aliphatic rings. The van der Waals surface area contributed by atoms with E-state index in [-0.39, 0.29) is 24.7 Å². The molecule has 2 heterocycles. The van der Waals surface area contributed by atoms with Gasteiger partial charge in [0.2, 0.25) is 0 Å². The fourth-order valence-corrected chi connectivity index (χ4v) is 1.13. The lowest BCUT2D eigenvalue weighted by Crippen LogP contribution is -2.12. The fraction of sp³-hybridized carbons (Fsp3) is 0.167. The Morgan fingerprint density at radius 3 is 1.60 bits per heavy atom. The Morgan fingerprint density at radius 2 is 1.25 bits per heavy atom. The summed E-state index contributed by atoms with van der Waals surface area (Å²) < 4.78 is 28.6. The molecule has 0 N–H and O–H groups in total. The highest BCUT2D eigenvalue weighted by Crippen LogP contribution is 2.11. The van der Waals surface area contributed by atoms with Gasteiger partial charge in [-0.2, -0.15) is 0 Å². The first-order valence-corrected chi connectivity index (χ1v) is 5.50. The Kier molecular flexibility index (Phi) is 4.65. The monoisotopic (exact) mass is 282 g/mol. The van der Waals surface area contributed by atoms with Gasteiger partial charge in [-0.1, -0.05) is 0 Å².